The second-order valence-electron chi connectivity index (χ2n) is 6.54. The molecule has 1 N–H and O–H groups in total. The molecule has 0 amide bonds. The highest BCUT2D eigenvalue weighted by Gasteiger charge is 2.68. The van der Waals surface area contributed by atoms with Crippen LogP contribution in [0.25, 0.3) is 0 Å². The van der Waals surface area contributed by atoms with Crippen LogP contribution in [0.1, 0.15) is 45.0 Å². The molecule has 4 rings (SSSR count). The summed E-state index contributed by atoms with van der Waals surface area (Å²) < 4.78 is 19.3. The molecule has 3 aliphatic heterocycles. The molecule has 3 aliphatic rings. The van der Waals surface area contributed by atoms with Gasteiger partial charge >= 0.3 is 0 Å². The highest BCUT2D eigenvalue weighted by Crippen LogP contribution is 2.51. The first-order valence-electron chi connectivity index (χ1n) is 7.62. The van der Waals surface area contributed by atoms with Crippen LogP contribution >= 0.6 is 0 Å². The smallest absolute Gasteiger partial charge is 0.191 e. The standard InChI is InChI=1S/C14H21N3O4/c1-4-5-6-8-10-14(18)9(7-17(10)16-15-8)19-12-11(14)20-13(2,3)21-12/h9,11-12,18H,4-7H2,1-3H3/t9?,11-,12+,14-/m0/s1. The van der Waals surface area contributed by atoms with Crippen molar-refractivity contribution in [1.29, 1.82) is 0 Å². The van der Waals surface area contributed by atoms with Crippen molar-refractivity contribution in [3.8, 4) is 0 Å². The normalized spacial score (nSPS) is 39.3. The zero-order valence-corrected chi connectivity index (χ0v) is 12.6. The van der Waals surface area contributed by atoms with Crippen molar-refractivity contribution in [2.75, 3.05) is 0 Å². The zero-order chi connectivity index (χ0) is 14.8. The molecule has 0 spiro atoms. The average Bonchev–Trinajstić information content (AvgIpc) is 3.07. The lowest BCUT2D eigenvalue weighted by Crippen LogP contribution is -2.44. The zero-order valence-electron chi connectivity index (χ0n) is 12.6. The molecule has 0 aromatic carbocycles. The minimum Gasteiger partial charge on any atom is -0.378 e. The third kappa shape index (κ3) is 1.75. The molecule has 2 fully saturated rings. The van der Waals surface area contributed by atoms with Crippen LogP contribution in [0, 0.1) is 0 Å². The van der Waals surface area contributed by atoms with Gasteiger partial charge in [0, 0.05) is 0 Å². The number of aliphatic hydroxyl groups is 1. The first-order chi connectivity index (χ1) is 9.95. The lowest BCUT2D eigenvalue weighted by Gasteiger charge is -2.28. The number of hydrogen-bond donors (Lipinski definition) is 1. The summed E-state index contributed by atoms with van der Waals surface area (Å²) in [6.07, 6.45) is 1.46. The number of ether oxygens (including phenoxy) is 3. The van der Waals surface area contributed by atoms with E-state index in [9.17, 15) is 5.11 Å². The van der Waals surface area contributed by atoms with Crippen molar-refractivity contribution in [2.24, 2.45) is 0 Å². The Morgan fingerprint density at radius 3 is 2.95 bits per heavy atom. The van der Waals surface area contributed by atoms with E-state index in [1.807, 2.05) is 13.8 Å². The summed E-state index contributed by atoms with van der Waals surface area (Å²) in [5.74, 6) is -0.750. The third-order valence-electron chi connectivity index (χ3n) is 4.57. The summed E-state index contributed by atoms with van der Waals surface area (Å²) in [5, 5.41) is 19.7. The molecule has 116 valence electrons. The van der Waals surface area contributed by atoms with E-state index in [1.54, 1.807) is 4.68 Å². The van der Waals surface area contributed by atoms with E-state index >= 15 is 0 Å². The summed E-state index contributed by atoms with van der Waals surface area (Å²) in [5.41, 5.74) is 0.375. The Kier molecular flexibility index (Phi) is 2.76. The van der Waals surface area contributed by atoms with Crippen molar-refractivity contribution < 1.29 is 19.3 Å². The molecule has 0 radical (unpaired) electrons. The van der Waals surface area contributed by atoms with Crippen LogP contribution in [-0.4, -0.2) is 44.4 Å². The topological polar surface area (TPSA) is 78.6 Å². The molecular formula is C14H21N3O4. The number of rotatable bonds is 3. The molecule has 1 aromatic heterocycles. The molecule has 7 heteroatoms. The maximum atomic E-state index is 11.3. The van der Waals surface area contributed by atoms with Crippen LogP contribution in [0.2, 0.25) is 0 Å². The molecule has 2 saturated heterocycles. The van der Waals surface area contributed by atoms with E-state index in [1.165, 1.54) is 0 Å². The fourth-order valence-electron chi connectivity index (χ4n) is 3.63. The number of hydrogen-bond acceptors (Lipinski definition) is 6. The number of fused-ring (bicyclic) bond motifs is 5. The lowest BCUT2D eigenvalue weighted by atomic mass is 9.89. The fourth-order valence-corrected chi connectivity index (χ4v) is 3.63. The number of unbranched alkanes of at least 4 members (excludes halogenated alkanes) is 1. The monoisotopic (exact) mass is 295 g/mol. The van der Waals surface area contributed by atoms with Gasteiger partial charge < -0.3 is 19.3 Å². The summed E-state index contributed by atoms with van der Waals surface area (Å²) in [7, 11) is 0. The quantitative estimate of drug-likeness (QED) is 0.884. The largest absolute Gasteiger partial charge is 0.378 e. The summed E-state index contributed by atoms with van der Waals surface area (Å²) >= 11 is 0. The van der Waals surface area contributed by atoms with Gasteiger partial charge in [0.05, 0.1) is 17.9 Å². The minimum absolute atomic E-state index is 0.380. The maximum absolute atomic E-state index is 11.3. The molecule has 1 aromatic rings. The van der Waals surface area contributed by atoms with Gasteiger partial charge in [-0.2, -0.15) is 0 Å². The van der Waals surface area contributed by atoms with Gasteiger partial charge in [-0.3, -0.25) is 0 Å². The highest BCUT2D eigenvalue weighted by atomic mass is 16.8. The van der Waals surface area contributed by atoms with Gasteiger partial charge in [0.2, 0.25) is 0 Å². The molecule has 4 heterocycles. The second kappa shape index (κ2) is 4.25. The first kappa shape index (κ1) is 13.6. The van der Waals surface area contributed by atoms with Gasteiger partial charge in [-0.1, -0.05) is 18.6 Å². The van der Waals surface area contributed by atoms with Crippen LogP contribution in [0.4, 0.5) is 0 Å². The Morgan fingerprint density at radius 2 is 2.19 bits per heavy atom. The molecule has 7 nitrogen and oxygen atoms in total. The Labute approximate surface area is 123 Å². The van der Waals surface area contributed by atoms with E-state index in [0.29, 0.717) is 6.54 Å². The molecule has 1 unspecified atom stereocenters. The van der Waals surface area contributed by atoms with E-state index in [0.717, 1.165) is 30.7 Å². The molecule has 0 bridgehead atoms. The molecule has 0 saturated carbocycles. The first-order valence-corrected chi connectivity index (χ1v) is 7.62. The number of aromatic nitrogens is 3. The predicted molar refractivity (Wildman–Crippen MR) is 71.2 cm³/mol. The summed E-state index contributed by atoms with van der Waals surface area (Å²) in [6.45, 7) is 6.28. The number of aryl methyl sites for hydroxylation is 1. The van der Waals surface area contributed by atoms with E-state index < -0.39 is 23.8 Å². The van der Waals surface area contributed by atoms with Crippen LogP contribution in [0.15, 0.2) is 0 Å². The van der Waals surface area contributed by atoms with Crippen LogP contribution in [0.5, 0.6) is 0 Å². The Hall–Kier alpha value is -1.02. The van der Waals surface area contributed by atoms with Crippen LogP contribution in [-0.2, 0) is 32.8 Å². The molecular weight excluding hydrogens is 274 g/mol. The second-order valence-corrected chi connectivity index (χ2v) is 6.54. The van der Waals surface area contributed by atoms with Gasteiger partial charge in [0.25, 0.3) is 0 Å². The maximum Gasteiger partial charge on any atom is 0.191 e. The van der Waals surface area contributed by atoms with E-state index in [4.69, 9.17) is 14.2 Å². The predicted octanol–water partition coefficient (Wildman–Crippen LogP) is 0.698. The van der Waals surface area contributed by atoms with Gasteiger partial charge in [-0.05, 0) is 26.7 Å². The fraction of sp³-hybridized carbons (Fsp3) is 0.857. The molecule has 4 atom stereocenters. The van der Waals surface area contributed by atoms with Gasteiger partial charge in [-0.25, -0.2) is 4.68 Å². The van der Waals surface area contributed by atoms with Crippen LogP contribution < -0.4 is 0 Å². The molecule has 0 aliphatic carbocycles. The van der Waals surface area contributed by atoms with Crippen molar-refractivity contribution >= 4 is 0 Å². The van der Waals surface area contributed by atoms with Crippen molar-refractivity contribution in [2.45, 2.75) is 76.5 Å². The van der Waals surface area contributed by atoms with Crippen molar-refractivity contribution in [3.05, 3.63) is 11.4 Å². The SMILES string of the molecule is CCCCc1nnn2c1[C@@]1(O)C(C2)O[C@@H]2OC(C)(C)O[C@@H]21. The van der Waals surface area contributed by atoms with Crippen molar-refractivity contribution in [1.82, 2.24) is 15.0 Å². The van der Waals surface area contributed by atoms with E-state index in [2.05, 4.69) is 17.2 Å². The van der Waals surface area contributed by atoms with Gasteiger partial charge in [-0.15, -0.1) is 5.10 Å². The summed E-state index contributed by atoms with van der Waals surface area (Å²) in [6, 6.07) is 0. The number of nitrogens with zero attached hydrogens (tertiary/aromatic N) is 3. The van der Waals surface area contributed by atoms with Crippen LogP contribution in [0.3, 0.4) is 0 Å². The van der Waals surface area contributed by atoms with E-state index in [-0.39, 0.29) is 6.10 Å². The third-order valence-corrected chi connectivity index (χ3v) is 4.57. The Bertz CT molecular complexity index is 573. The Morgan fingerprint density at radius 1 is 1.38 bits per heavy atom. The average molecular weight is 295 g/mol. The minimum atomic E-state index is -1.22. The van der Waals surface area contributed by atoms with Gasteiger partial charge in [0.1, 0.15) is 12.2 Å². The van der Waals surface area contributed by atoms with Gasteiger partial charge in [0.15, 0.2) is 17.7 Å². The van der Waals surface area contributed by atoms with Crippen molar-refractivity contribution in [3.63, 3.8) is 0 Å². The highest BCUT2D eigenvalue weighted by molar-refractivity contribution is 5.30. The Balaban J connectivity index is 1.72. The lowest BCUT2D eigenvalue weighted by molar-refractivity contribution is -0.228. The summed E-state index contributed by atoms with van der Waals surface area (Å²) in [4.78, 5) is 0. The molecule has 21 heavy (non-hydrogen) atoms.